The molecule has 0 atom stereocenters. The first-order valence-corrected chi connectivity index (χ1v) is 47.1. The first-order valence-electron chi connectivity index (χ1n) is 47.1. The van der Waals surface area contributed by atoms with Gasteiger partial charge in [0.25, 0.3) is 0 Å². The minimum atomic E-state index is 0.476. The molecule has 0 spiro atoms. The van der Waals surface area contributed by atoms with Gasteiger partial charge < -0.3 is 0 Å². The van der Waals surface area contributed by atoms with Crippen LogP contribution in [0.1, 0.15) is 0 Å². The number of benzene rings is 14. The van der Waals surface area contributed by atoms with Gasteiger partial charge in [-0.2, -0.15) is 20.4 Å². The summed E-state index contributed by atoms with van der Waals surface area (Å²) in [5, 5.41) is 28.7. The predicted octanol–water partition coefficient (Wildman–Crippen LogP) is 27.1. The zero-order chi connectivity index (χ0) is 95.6. The van der Waals surface area contributed by atoms with Gasteiger partial charge >= 0.3 is 0 Å². The molecule has 0 fully saturated rings. The molecule has 22 nitrogen and oxygen atoms in total. The van der Waals surface area contributed by atoms with Gasteiger partial charge in [-0.15, -0.1) is 0 Å². The van der Waals surface area contributed by atoms with Gasteiger partial charge in [0, 0.05) is 67.3 Å². The molecule has 22 heteroatoms. The SMILES string of the molecule is c1ccc(-c2ccc(-c3nc(-c4ccc(-c5ccccc5)cc4)nc(-c4cc5ccc6ccccc6n5n4)n3)cc2)cc1.c1ccc(-c2nc(-c3ccccc3)nc(-c3cc4ccc5ccccc5n4n3)n2)cc1.c1ccc(-c2nc(-c3ccccn3)nc(-c3cc4ccc5ccccc5n4n3)n2)nc1.c1ccc2cc(-c3nc(-c4ccc5ccccc5c4)nc(-c4cc5ccc6ccccc6n5n4)n3)ccc2c1. The highest BCUT2D eigenvalue weighted by molar-refractivity contribution is 5.92. The van der Waals surface area contributed by atoms with Gasteiger partial charge in [0.05, 0.1) is 44.1 Å². The molecule has 0 aliphatic heterocycles. The van der Waals surface area contributed by atoms with Crippen LogP contribution >= 0.6 is 0 Å². The number of hydrogen-bond donors (Lipinski definition) is 0. The molecule has 0 bridgehead atoms. The second-order valence-corrected chi connectivity index (χ2v) is 34.4. The zero-order valence-electron chi connectivity index (χ0n) is 76.9. The highest BCUT2D eigenvalue weighted by Crippen LogP contribution is 2.37. The third kappa shape index (κ3) is 17.4. The third-order valence-corrected chi connectivity index (χ3v) is 25.2. The maximum atomic E-state index is 4.96. The van der Waals surface area contributed by atoms with Crippen molar-refractivity contribution in [1.29, 1.82) is 0 Å². The average molecular weight is 1850 g/mol. The minimum absolute atomic E-state index is 0.476. The Kier molecular flexibility index (Phi) is 22.3. The van der Waals surface area contributed by atoms with Crippen LogP contribution < -0.4 is 0 Å². The van der Waals surface area contributed by atoms with E-state index < -0.39 is 0 Å². The number of para-hydroxylation sites is 4. The van der Waals surface area contributed by atoms with Crippen LogP contribution in [0.15, 0.2) is 473 Å². The van der Waals surface area contributed by atoms with Crippen LogP contribution in [0, 0.1) is 0 Å². The highest BCUT2D eigenvalue weighted by atomic mass is 15.3. The van der Waals surface area contributed by atoms with Crippen LogP contribution in [0.2, 0.25) is 0 Å². The average Bonchev–Trinajstić information content (AvgIpc) is 1.58. The lowest BCUT2D eigenvalue weighted by atomic mass is 10.0. The van der Waals surface area contributed by atoms with Gasteiger partial charge in [-0.1, -0.05) is 352 Å². The van der Waals surface area contributed by atoms with Crippen molar-refractivity contribution in [2.24, 2.45) is 0 Å². The standard InChI is InChI=1S/C38H25N5.C34H21N5.C26H17N5.C24H15N7/c1-3-9-26(10-4-1)28-15-19-31(20-16-28)36-39-37(32-21-17-29(18-22-32)27-11-5-2-6-12-27)41-38(40-36)34-25-33-24-23-30-13-7-8-14-35(30)43(33)42-34;1-3-10-25-19-27(15-13-22(25)7-1)32-35-33(28-16-14-23-8-2-4-11-26(23)20-28)37-34(36-32)30-21-29-18-17-24-9-5-6-12-31(24)39(29)38-30;1-3-10-19(11-4-1)24-27-25(20-12-5-2-6-13-20)29-26(28-24)22-17-21-16-15-18-9-7-8-14-23(18)31(21)30-22;1-2-10-21-16(7-1)11-12-17-15-20(30-31(17)21)24-28-22(18-8-3-5-13-25-18)27-23(29-24)19-9-4-6-14-26-19/h1-25H;1-21H;1-17H;1-15H. The Hall–Kier alpha value is -20.3. The molecule has 28 rings (SSSR count). The van der Waals surface area contributed by atoms with Gasteiger partial charge in [0.1, 0.15) is 34.2 Å². The van der Waals surface area contributed by atoms with Gasteiger partial charge in [-0.05, 0) is 153 Å². The van der Waals surface area contributed by atoms with E-state index in [-0.39, 0.29) is 0 Å². The molecule has 676 valence electrons. The molecular formula is C122H78N22. The summed E-state index contributed by atoms with van der Waals surface area (Å²) in [5.41, 5.74) is 22.4. The van der Waals surface area contributed by atoms with E-state index in [9.17, 15) is 0 Å². The van der Waals surface area contributed by atoms with Crippen LogP contribution in [-0.2, 0) is 0 Å². The van der Waals surface area contributed by atoms with Crippen molar-refractivity contribution in [3.63, 3.8) is 0 Å². The van der Waals surface area contributed by atoms with Crippen LogP contribution in [0.4, 0.5) is 0 Å². The van der Waals surface area contributed by atoms with E-state index in [0.29, 0.717) is 104 Å². The molecule has 14 aromatic heterocycles. The quantitative estimate of drug-likeness (QED) is 0.0981. The molecule has 14 heterocycles. The zero-order valence-corrected chi connectivity index (χ0v) is 76.9. The normalized spacial score (nSPS) is 11.3. The van der Waals surface area contributed by atoms with E-state index >= 15 is 0 Å². The van der Waals surface area contributed by atoms with Crippen molar-refractivity contribution in [2.75, 3.05) is 0 Å². The largest absolute Gasteiger partial charge is 0.253 e. The van der Waals surface area contributed by atoms with E-state index in [0.717, 1.165) is 121 Å². The summed E-state index contributed by atoms with van der Waals surface area (Å²) in [6, 6.07) is 155. The van der Waals surface area contributed by atoms with Crippen LogP contribution in [0.25, 0.3) is 247 Å². The topological polar surface area (TPSA) is 250 Å². The van der Waals surface area contributed by atoms with Gasteiger partial charge in [-0.3, -0.25) is 9.97 Å². The summed E-state index contributed by atoms with van der Waals surface area (Å²) in [4.78, 5) is 66.8. The fourth-order valence-electron chi connectivity index (χ4n) is 17.9. The first-order chi connectivity index (χ1) is 71.3. The molecule has 0 aliphatic rings. The maximum absolute atomic E-state index is 4.96. The summed E-state index contributed by atoms with van der Waals surface area (Å²) < 4.78 is 7.77. The summed E-state index contributed by atoms with van der Waals surface area (Å²) in [5.74, 6) is 6.79. The summed E-state index contributed by atoms with van der Waals surface area (Å²) in [7, 11) is 0. The molecule has 144 heavy (non-hydrogen) atoms. The Balaban J connectivity index is 0.000000101. The maximum Gasteiger partial charge on any atom is 0.184 e. The molecule has 0 saturated carbocycles. The van der Waals surface area contributed by atoms with Crippen molar-refractivity contribution in [3.05, 3.63) is 473 Å². The lowest BCUT2D eigenvalue weighted by Gasteiger charge is -2.09. The Labute approximate surface area is 823 Å². The van der Waals surface area contributed by atoms with Crippen LogP contribution in [0.3, 0.4) is 0 Å². The Morgan fingerprint density at radius 3 is 0.618 bits per heavy atom. The lowest BCUT2D eigenvalue weighted by Crippen LogP contribution is -2.02. The number of pyridine rings is 6. The van der Waals surface area contributed by atoms with Gasteiger partial charge in [0.15, 0.2) is 69.9 Å². The molecular weight excluding hydrogens is 1770 g/mol. The molecule has 0 saturated heterocycles. The second kappa shape index (κ2) is 37.7. The van der Waals surface area contributed by atoms with E-state index in [4.69, 9.17) is 65.3 Å². The fraction of sp³-hybridized carbons (Fsp3) is 0. The third-order valence-electron chi connectivity index (χ3n) is 25.2. The first kappa shape index (κ1) is 85.4. The Bertz CT molecular complexity index is 9100. The van der Waals surface area contributed by atoms with Crippen molar-refractivity contribution >= 4 is 87.2 Å². The molecule has 28 aromatic rings. The second-order valence-electron chi connectivity index (χ2n) is 34.4. The van der Waals surface area contributed by atoms with Gasteiger partial charge in [0.2, 0.25) is 0 Å². The smallest absolute Gasteiger partial charge is 0.184 e. The number of nitrogens with zero attached hydrogens (tertiary/aromatic N) is 22. The molecule has 0 radical (unpaired) electrons. The van der Waals surface area contributed by atoms with Crippen LogP contribution in [0.5, 0.6) is 0 Å². The summed E-state index contributed by atoms with van der Waals surface area (Å²) in [6.45, 7) is 0. The van der Waals surface area contributed by atoms with Crippen LogP contribution in [-0.4, -0.2) is 108 Å². The van der Waals surface area contributed by atoms with E-state index in [1.54, 1.807) is 12.4 Å². The van der Waals surface area contributed by atoms with E-state index in [1.807, 2.05) is 236 Å². The molecule has 0 N–H and O–H groups in total. The lowest BCUT2D eigenvalue weighted by molar-refractivity contribution is 0.980. The van der Waals surface area contributed by atoms with Gasteiger partial charge in [-0.25, -0.2) is 77.9 Å². The predicted molar refractivity (Wildman–Crippen MR) is 571 cm³/mol. The van der Waals surface area contributed by atoms with Crippen molar-refractivity contribution < 1.29 is 0 Å². The molecule has 0 aliphatic carbocycles. The Morgan fingerprint density at radius 2 is 0.326 bits per heavy atom. The number of hydrogen-bond acceptors (Lipinski definition) is 18. The van der Waals surface area contributed by atoms with Crippen molar-refractivity contribution in [1.82, 2.24) is 108 Å². The van der Waals surface area contributed by atoms with Crippen molar-refractivity contribution in [2.45, 2.75) is 0 Å². The molecule has 0 amide bonds. The Morgan fingerprint density at radius 1 is 0.125 bits per heavy atom. The van der Waals surface area contributed by atoms with E-state index in [2.05, 4.69) is 268 Å². The van der Waals surface area contributed by atoms with Crippen molar-refractivity contribution in [3.8, 4) is 160 Å². The number of aromatic nitrogens is 22. The summed E-state index contributed by atoms with van der Waals surface area (Å²) in [6.07, 6.45) is 3.44. The molecule has 0 unspecified atom stereocenters. The highest BCUT2D eigenvalue weighted by Gasteiger charge is 2.23. The summed E-state index contributed by atoms with van der Waals surface area (Å²) >= 11 is 0. The fourth-order valence-corrected chi connectivity index (χ4v) is 17.9. The molecule has 14 aromatic carbocycles. The van der Waals surface area contributed by atoms with E-state index in [1.165, 1.54) is 21.9 Å². The number of rotatable bonds is 14. The minimum Gasteiger partial charge on any atom is -0.253 e. The monoisotopic (exact) mass is 1850 g/mol. The number of fused-ring (bicyclic) bond motifs is 14.